The Labute approximate surface area is 159 Å². The maximum absolute atomic E-state index is 12.7. The Morgan fingerprint density at radius 3 is 2.77 bits per heavy atom. The third-order valence-corrected chi connectivity index (χ3v) is 4.35. The summed E-state index contributed by atoms with van der Waals surface area (Å²) in [5.41, 5.74) is 0.834. The molecule has 3 rings (SSSR count). The van der Waals surface area contributed by atoms with Crippen LogP contribution in [0.5, 0.6) is 0 Å². The van der Waals surface area contributed by atoms with Crippen LogP contribution in [0, 0.1) is 6.92 Å². The van der Waals surface area contributed by atoms with Crippen molar-refractivity contribution in [3.63, 3.8) is 0 Å². The van der Waals surface area contributed by atoms with Crippen molar-refractivity contribution in [1.29, 1.82) is 0 Å². The summed E-state index contributed by atoms with van der Waals surface area (Å²) in [6.45, 7) is 3.83. The highest BCUT2D eigenvalue weighted by Gasteiger charge is 2.24. The molecule has 0 aliphatic carbocycles. The van der Waals surface area contributed by atoms with Gasteiger partial charge in [0.05, 0.1) is 0 Å². The summed E-state index contributed by atoms with van der Waals surface area (Å²) in [4.78, 5) is 14.1. The van der Waals surface area contributed by atoms with Gasteiger partial charge >= 0.3 is 0 Å². The smallest absolute Gasteiger partial charge is 0.252 e. The van der Waals surface area contributed by atoms with E-state index < -0.39 is 6.04 Å². The number of hydrogen-bond acceptors (Lipinski definition) is 6. The molecule has 2 heterocycles. The van der Waals surface area contributed by atoms with E-state index in [1.54, 1.807) is 13.0 Å². The molecule has 8 nitrogen and oxygen atoms in total. The fourth-order valence-corrected chi connectivity index (χ4v) is 2.72. The Hall–Kier alpha value is -2.55. The molecule has 0 aliphatic rings. The molecule has 0 saturated carbocycles. The lowest BCUT2D eigenvalue weighted by molar-refractivity contribution is -0.120. The molecule has 1 aromatic carbocycles. The standard InChI is InChI=1S/C17H19BrN6O2/c1-3-4-5-14(17(25)19-15-10-11(2)26-22-15)24-21-16(20-23-24)12-6-8-13(18)9-7-12/h6-10,14H,3-5H2,1-2H3,(H,19,22,25). The van der Waals surface area contributed by atoms with E-state index in [9.17, 15) is 4.79 Å². The largest absolute Gasteiger partial charge is 0.360 e. The first-order valence-electron chi connectivity index (χ1n) is 8.36. The minimum Gasteiger partial charge on any atom is -0.360 e. The Morgan fingerprint density at radius 2 is 2.12 bits per heavy atom. The van der Waals surface area contributed by atoms with E-state index in [1.807, 2.05) is 24.3 Å². The predicted molar refractivity (Wildman–Crippen MR) is 99.4 cm³/mol. The first kappa shape index (κ1) is 18.2. The summed E-state index contributed by atoms with van der Waals surface area (Å²) in [6.07, 6.45) is 2.43. The third kappa shape index (κ3) is 4.34. The number of benzene rings is 1. The Bertz CT molecular complexity index is 874. The number of aromatic nitrogens is 5. The van der Waals surface area contributed by atoms with E-state index in [4.69, 9.17) is 4.52 Å². The van der Waals surface area contributed by atoms with E-state index in [2.05, 4.69) is 48.7 Å². The van der Waals surface area contributed by atoms with E-state index in [-0.39, 0.29) is 5.91 Å². The van der Waals surface area contributed by atoms with Gasteiger partial charge in [-0.1, -0.05) is 40.9 Å². The van der Waals surface area contributed by atoms with Crippen molar-refractivity contribution in [3.05, 3.63) is 40.6 Å². The molecule has 0 bridgehead atoms. The normalized spacial score (nSPS) is 12.1. The molecule has 136 valence electrons. The Morgan fingerprint density at radius 1 is 1.35 bits per heavy atom. The van der Waals surface area contributed by atoms with Crippen molar-refractivity contribution in [3.8, 4) is 11.4 Å². The van der Waals surface area contributed by atoms with E-state index >= 15 is 0 Å². The quantitative estimate of drug-likeness (QED) is 0.626. The van der Waals surface area contributed by atoms with Crippen LogP contribution in [0.2, 0.25) is 0 Å². The second-order valence-corrected chi connectivity index (χ2v) is 6.83. The molecular formula is C17H19BrN6O2. The maximum atomic E-state index is 12.7. The highest BCUT2D eigenvalue weighted by atomic mass is 79.9. The van der Waals surface area contributed by atoms with Crippen molar-refractivity contribution in [1.82, 2.24) is 25.4 Å². The minimum atomic E-state index is -0.566. The average molecular weight is 419 g/mol. The summed E-state index contributed by atoms with van der Waals surface area (Å²) in [5, 5.41) is 19.1. The van der Waals surface area contributed by atoms with Gasteiger partial charge in [-0.05, 0) is 42.8 Å². The molecule has 0 aliphatic heterocycles. The number of carbonyl (C=O) groups excluding carboxylic acids is 1. The average Bonchev–Trinajstić information content (AvgIpc) is 3.25. The number of nitrogens with zero attached hydrogens (tertiary/aromatic N) is 5. The molecule has 0 radical (unpaired) electrons. The zero-order chi connectivity index (χ0) is 18.5. The topological polar surface area (TPSA) is 98.7 Å². The van der Waals surface area contributed by atoms with Crippen molar-refractivity contribution in [2.75, 3.05) is 5.32 Å². The van der Waals surface area contributed by atoms with Crippen molar-refractivity contribution >= 4 is 27.7 Å². The van der Waals surface area contributed by atoms with Gasteiger partial charge in [0.1, 0.15) is 5.76 Å². The Balaban J connectivity index is 1.80. The molecule has 2 aromatic heterocycles. The monoisotopic (exact) mass is 418 g/mol. The van der Waals surface area contributed by atoms with Crippen LogP contribution in [0.4, 0.5) is 5.82 Å². The molecule has 1 amide bonds. The van der Waals surface area contributed by atoms with Crippen LogP contribution in [-0.4, -0.2) is 31.3 Å². The number of unbranched alkanes of at least 4 members (excludes halogenated alkanes) is 1. The van der Waals surface area contributed by atoms with Gasteiger partial charge in [-0.15, -0.1) is 10.2 Å². The number of anilines is 1. The second kappa shape index (κ2) is 8.22. The number of nitrogens with one attached hydrogen (secondary N) is 1. The Kier molecular flexibility index (Phi) is 5.77. The van der Waals surface area contributed by atoms with Gasteiger partial charge in [0.15, 0.2) is 11.9 Å². The molecule has 26 heavy (non-hydrogen) atoms. The minimum absolute atomic E-state index is 0.244. The molecular weight excluding hydrogens is 400 g/mol. The van der Waals surface area contributed by atoms with Crippen LogP contribution >= 0.6 is 15.9 Å². The zero-order valence-corrected chi connectivity index (χ0v) is 16.1. The van der Waals surface area contributed by atoms with Crippen LogP contribution in [0.15, 0.2) is 39.3 Å². The summed E-state index contributed by atoms with van der Waals surface area (Å²) in [5.74, 6) is 1.24. The van der Waals surface area contributed by atoms with Crippen LogP contribution in [-0.2, 0) is 4.79 Å². The zero-order valence-electron chi connectivity index (χ0n) is 14.5. The van der Waals surface area contributed by atoms with Gasteiger partial charge < -0.3 is 9.84 Å². The number of aryl methyl sites for hydroxylation is 1. The number of halogens is 1. The first-order valence-corrected chi connectivity index (χ1v) is 9.15. The lowest BCUT2D eigenvalue weighted by Crippen LogP contribution is -2.28. The summed E-state index contributed by atoms with van der Waals surface area (Å²) < 4.78 is 5.95. The van der Waals surface area contributed by atoms with E-state index in [0.717, 1.165) is 22.9 Å². The highest BCUT2D eigenvalue weighted by Crippen LogP contribution is 2.21. The molecule has 0 saturated heterocycles. The molecule has 0 spiro atoms. The second-order valence-electron chi connectivity index (χ2n) is 5.91. The SMILES string of the molecule is CCCCC(C(=O)Nc1cc(C)on1)n1nnc(-c2ccc(Br)cc2)n1. The predicted octanol–water partition coefficient (Wildman–Crippen LogP) is 3.77. The highest BCUT2D eigenvalue weighted by molar-refractivity contribution is 9.10. The number of amides is 1. The van der Waals surface area contributed by atoms with Crippen LogP contribution < -0.4 is 5.32 Å². The first-order chi connectivity index (χ1) is 12.6. The van der Waals surface area contributed by atoms with E-state index in [0.29, 0.717) is 23.8 Å². The number of carbonyl (C=O) groups is 1. The van der Waals surface area contributed by atoms with Gasteiger partial charge in [-0.25, -0.2) is 0 Å². The van der Waals surface area contributed by atoms with Gasteiger partial charge in [0.25, 0.3) is 5.91 Å². The van der Waals surface area contributed by atoms with Crippen molar-refractivity contribution < 1.29 is 9.32 Å². The molecule has 9 heteroatoms. The van der Waals surface area contributed by atoms with Crippen LogP contribution in [0.25, 0.3) is 11.4 Å². The lowest BCUT2D eigenvalue weighted by atomic mass is 10.1. The number of hydrogen-bond donors (Lipinski definition) is 1. The molecule has 0 fully saturated rings. The molecule has 1 N–H and O–H groups in total. The van der Waals surface area contributed by atoms with E-state index in [1.165, 1.54) is 4.80 Å². The fourth-order valence-electron chi connectivity index (χ4n) is 2.46. The fraction of sp³-hybridized carbons (Fsp3) is 0.353. The van der Waals surface area contributed by atoms with Gasteiger partial charge in [0, 0.05) is 16.1 Å². The number of rotatable bonds is 7. The van der Waals surface area contributed by atoms with Crippen molar-refractivity contribution in [2.45, 2.75) is 39.2 Å². The third-order valence-electron chi connectivity index (χ3n) is 3.82. The molecule has 3 aromatic rings. The van der Waals surface area contributed by atoms with Gasteiger partial charge in [-0.3, -0.25) is 4.79 Å². The van der Waals surface area contributed by atoms with Gasteiger partial charge in [0.2, 0.25) is 5.82 Å². The number of tetrazole rings is 1. The van der Waals surface area contributed by atoms with Gasteiger partial charge in [-0.2, -0.15) is 4.80 Å². The van der Waals surface area contributed by atoms with Crippen LogP contribution in [0.3, 0.4) is 0 Å². The summed E-state index contributed by atoms with van der Waals surface area (Å²) >= 11 is 3.40. The van der Waals surface area contributed by atoms with Crippen LogP contribution in [0.1, 0.15) is 38.0 Å². The summed E-state index contributed by atoms with van der Waals surface area (Å²) in [7, 11) is 0. The molecule has 1 unspecified atom stereocenters. The maximum Gasteiger partial charge on any atom is 0.252 e. The summed E-state index contributed by atoms with van der Waals surface area (Å²) in [6, 6.07) is 8.70. The lowest BCUT2D eigenvalue weighted by Gasteiger charge is -2.13. The van der Waals surface area contributed by atoms with Crippen molar-refractivity contribution in [2.24, 2.45) is 0 Å². The molecule has 1 atom stereocenters.